The van der Waals surface area contributed by atoms with Crippen LogP contribution >= 0.6 is 0 Å². The molecule has 0 atom stereocenters. The molecule has 8 rings (SSSR count). The first-order chi connectivity index (χ1) is 20.8. The maximum Gasteiger partial charge on any atom is 0.137 e. The Bertz CT molecular complexity index is 2190. The van der Waals surface area contributed by atoms with Gasteiger partial charge in [0.2, 0.25) is 0 Å². The van der Waals surface area contributed by atoms with Crippen LogP contribution in [-0.2, 0) is 0 Å². The first kappa shape index (κ1) is 24.2. The molecule has 0 aliphatic heterocycles. The standard InChI is InChI=1S/C40H27NO/c1-2-9-27(10-3-1)28-17-19-29(20-18-28)30-21-23-32(24-22-30)41-38-26-40-37(35-14-6-7-16-39(35)42-40)25-36(38)34-15-8-12-31-11-4-5-13-33(31)34/h1-26,41H. The van der Waals surface area contributed by atoms with Gasteiger partial charge in [-0.15, -0.1) is 0 Å². The van der Waals surface area contributed by atoms with Crippen LogP contribution in [0.1, 0.15) is 0 Å². The van der Waals surface area contributed by atoms with Crippen molar-refractivity contribution in [1.29, 1.82) is 0 Å². The molecule has 0 fully saturated rings. The molecular weight excluding hydrogens is 510 g/mol. The topological polar surface area (TPSA) is 25.2 Å². The monoisotopic (exact) mass is 537 g/mol. The van der Waals surface area contributed by atoms with Gasteiger partial charge in [-0.2, -0.15) is 0 Å². The van der Waals surface area contributed by atoms with Crippen molar-refractivity contribution in [3.63, 3.8) is 0 Å². The van der Waals surface area contributed by atoms with Crippen molar-refractivity contribution in [2.24, 2.45) is 0 Å². The molecule has 0 bridgehead atoms. The quantitative estimate of drug-likeness (QED) is 0.236. The number of rotatable bonds is 5. The third-order valence-electron chi connectivity index (χ3n) is 8.09. The molecule has 2 nitrogen and oxygen atoms in total. The second kappa shape index (κ2) is 10.1. The van der Waals surface area contributed by atoms with Gasteiger partial charge in [0, 0.05) is 28.1 Å². The summed E-state index contributed by atoms with van der Waals surface area (Å²) in [5, 5.41) is 8.42. The predicted octanol–water partition coefficient (Wildman–Crippen LogP) is 11.5. The van der Waals surface area contributed by atoms with Crippen LogP contribution in [0.3, 0.4) is 0 Å². The summed E-state index contributed by atoms with van der Waals surface area (Å²) in [5.74, 6) is 0. The fourth-order valence-electron chi connectivity index (χ4n) is 5.95. The first-order valence-electron chi connectivity index (χ1n) is 14.3. The molecule has 0 unspecified atom stereocenters. The molecule has 7 aromatic carbocycles. The minimum atomic E-state index is 0.873. The molecule has 198 valence electrons. The maximum absolute atomic E-state index is 6.29. The van der Waals surface area contributed by atoms with E-state index in [9.17, 15) is 0 Å². The molecule has 0 aliphatic carbocycles. The van der Waals surface area contributed by atoms with Gasteiger partial charge in [-0.25, -0.2) is 0 Å². The van der Waals surface area contributed by atoms with Gasteiger partial charge in [-0.3, -0.25) is 0 Å². The number of nitrogens with one attached hydrogen (secondary N) is 1. The van der Waals surface area contributed by atoms with Crippen molar-refractivity contribution >= 4 is 44.1 Å². The van der Waals surface area contributed by atoms with E-state index in [0.717, 1.165) is 38.9 Å². The van der Waals surface area contributed by atoms with E-state index in [2.05, 4.69) is 145 Å². The summed E-state index contributed by atoms with van der Waals surface area (Å²) in [6, 6.07) is 55.7. The number of furan rings is 1. The van der Waals surface area contributed by atoms with E-state index in [1.807, 2.05) is 18.2 Å². The highest BCUT2D eigenvalue weighted by molar-refractivity contribution is 6.10. The summed E-state index contributed by atoms with van der Waals surface area (Å²) >= 11 is 0. The van der Waals surface area contributed by atoms with Crippen LogP contribution in [0, 0.1) is 0 Å². The summed E-state index contributed by atoms with van der Waals surface area (Å²) in [6.45, 7) is 0. The average Bonchev–Trinajstić information content (AvgIpc) is 3.42. The highest BCUT2D eigenvalue weighted by Crippen LogP contribution is 2.41. The van der Waals surface area contributed by atoms with Crippen LogP contribution in [0.2, 0.25) is 0 Å². The SMILES string of the molecule is c1ccc(-c2ccc(-c3ccc(Nc4cc5oc6ccccc6c5cc4-c4cccc5ccccc45)cc3)cc2)cc1. The van der Waals surface area contributed by atoms with E-state index in [-0.39, 0.29) is 0 Å². The van der Waals surface area contributed by atoms with E-state index < -0.39 is 0 Å². The van der Waals surface area contributed by atoms with Gasteiger partial charge < -0.3 is 9.73 Å². The zero-order chi connectivity index (χ0) is 27.9. The molecule has 0 saturated carbocycles. The fraction of sp³-hybridized carbons (Fsp3) is 0. The number of fused-ring (bicyclic) bond motifs is 4. The predicted molar refractivity (Wildman–Crippen MR) is 177 cm³/mol. The molecule has 0 spiro atoms. The van der Waals surface area contributed by atoms with Crippen LogP contribution in [0.5, 0.6) is 0 Å². The molecular formula is C40H27NO. The smallest absolute Gasteiger partial charge is 0.137 e. The van der Waals surface area contributed by atoms with Gasteiger partial charge in [-0.1, -0.05) is 127 Å². The molecule has 0 amide bonds. The molecule has 0 saturated heterocycles. The lowest BCUT2D eigenvalue weighted by atomic mass is 9.95. The van der Waals surface area contributed by atoms with Gasteiger partial charge >= 0.3 is 0 Å². The van der Waals surface area contributed by atoms with Crippen molar-refractivity contribution < 1.29 is 4.42 Å². The Morgan fingerprint density at radius 3 is 1.74 bits per heavy atom. The Morgan fingerprint density at radius 1 is 0.381 bits per heavy atom. The number of benzene rings is 7. The second-order valence-corrected chi connectivity index (χ2v) is 10.7. The van der Waals surface area contributed by atoms with Crippen LogP contribution in [-0.4, -0.2) is 0 Å². The zero-order valence-corrected chi connectivity index (χ0v) is 22.9. The summed E-state index contributed by atoms with van der Waals surface area (Å²) in [7, 11) is 0. The Balaban J connectivity index is 1.18. The lowest BCUT2D eigenvalue weighted by Gasteiger charge is -2.15. The highest BCUT2D eigenvalue weighted by atomic mass is 16.3. The van der Waals surface area contributed by atoms with Gasteiger partial charge in [0.1, 0.15) is 11.2 Å². The minimum absolute atomic E-state index is 0.873. The molecule has 1 heterocycles. The minimum Gasteiger partial charge on any atom is -0.456 e. The third kappa shape index (κ3) is 4.31. The molecule has 1 aromatic heterocycles. The van der Waals surface area contributed by atoms with E-state index in [0.29, 0.717) is 0 Å². The van der Waals surface area contributed by atoms with Crippen molar-refractivity contribution in [2.75, 3.05) is 5.32 Å². The van der Waals surface area contributed by atoms with E-state index >= 15 is 0 Å². The normalized spacial score (nSPS) is 11.3. The number of para-hydroxylation sites is 1. The number of hydrogen-bond donors (Lipinski definition) is 1. The van der Waals surface area contributed by atoms with Crippen molar-refractivity contribution in [3.05, 3.63) is 158 Å². The summed E-state index contributed by atoms with van der Waals surface area (Å²) < 4.78 is 6.29. The lowest BCUT2D eigenvalue weighted by Crippen LogP contribution is -1.94. The molecule has 42 heavy (non-hydrogen) atoms. The van der Waals surface area contributed by atoms with Crippen LogP contribution in [0.4, 0.5) is 11.4 Å². The molecule has 1 N–H and O–H groups in total. The van der Waals surface area contributed by atoms with Crippen molar-refractivity contribution in [1.82, 2.24) is 0 Å². The van der Waals surface area contributed by atoms with E-state index in [1.165, 1.54) is 38.6 Å². The van der Waals surface area contributed by atoms with Gasteiger partial charge in [0.25, 0.3) is 0 Å². The summed E-state index contributed by atoms with van der Waals surface area (Å²) in [6.07, 6.45) is 0. The lowest BCUT2D eigenvalue weighted by molar-refractivity contribution is 0.669. The summed E-state index contributed by atoms with van der Waals surface area (Å²) in [5.41, 5.74) is 11.0. The second-order valence-electron chi connectivity index (χ2n) is 10.7. The Morgan fingerprint density at radius 2 is 0.976 bits per heavy atom. The largest absolute Gasteiger partial charge is 0.456 e. The van der Waals surface area contributed by atoms with Crippen LogP contribution in [0.15, 0.2) is 162 Å². The summed E-state index contributed by atoms with van der Waals surface area (Å²) in [4.78, 5) is 0. The Hall–Kier alpha value is -5.60. The maximum atomic E-state index is 6.29. The van der Waals surface area contributed by atoms with E-state index in [4.69, 9.17) is 4.42 Å². The molecule has 0 aliphatic rings. The van der Waals surface area contributed by atoms with Crippen LogP contribution in [0.25, 0.3) is 66.1 Å². The fourth-order valence-corrected chi connectivity index (χ4v) is 5.95. The van der Waals surface area contributed by atoms with Crippen LogP contribution < -0.4 is 5.32 Å². The number of anilines is 2. The number of hydrogen-bond acceptors (Lipinski definition) is 2. The first-order valence-corrected chi connectivity index (χ1v) is 14.3. The Kier molecular flexibility index (Phi) is 5.82. The molecule has 0 radical (unpaired) electrons. The van der Waals surface area contributed by atoms with Crippen molar-refractivity contribution in [3.8, 4) is 33.4 Å². The average molecular weight is 538 g/mol. The van der Waals surface area contributed by atoms with Gasteiger partial charge in [0.15, 0.2) is 0 Å². The van der Waals surface area contributed by atoms with Gasteiger partial charge in [0.05, 0.1) is 5.69 Å². The molecule has 8 aromatic rings. The molecule has 2 heteroatoms. The van der Waals surface area contributed by atoms with Crippen molar-refractivity contribution in [2.45, 2.75) is 0 Å². The zero-order valence-electron chi connectivity index (χ0n) is 22.9. The van der Waals surface area contributed by atoms with E-state index in [1.54, 1.807) is 0 Å². The van der Waals surface area contributed by atoms with Gasteiger partial charge in [-0.05, 0) is 62.9 Å². The third-order valence-corrected chi connectivity index (χ3v) is 8.09. The Labute approximate surface area is 244 Å². The highest BCUT2D eigenvalue weighted by Gasteiger charge is 2.15.